The van der Waals surface area contributed by atoms with Gasteiger partial charge in [-0.05, 0) is 23.8 Å². The van der Waals surface area contributed by atoms with Crippen LogP contribution in [-0.4, -0.2) is 60.7 Å². The van der Waals surface area contributed by atoms with Crippen molar-refractivity contribution in [1.29, 1.82) is 0 Å². The van der Waals surface area contributed by atoms with Crippen molar-refractivity contribution in [2.75, 3.05) is 40.5 Å². The smallest absolute Gasteiger partial charge is 0.417 e. The Labute approximate surface area is 252 Å². The first-order valence-electron chi connectivity index (χ1n) is 13.4. The highest BCUT2D eigenvalue weighted by molar-refractivity contribution is 6.35. The average molecular weight is 617 g/mol. The predicted molar refractivity (Wildman–Crippen MR) is 159 cm³/mol. The molecule has 0 radical (unpaired) electrons. The minimum Gasteiger partial charge on any atom is -0.496 e. The molecular weight excluding hydrogens is 585 g/mol. The molecule has 0 unspecified atom stereocenters. The number of halogens is 4. The normalized spacial score (nSPS) is 11.5. The molecule has 2 heterocycles. The number of benzene rings is 2. The zero-order valence-corrected chi connectivity index (χ0v) is 24.4. The average Bonchev–Trinajstić information content (AvgIpc) is 3.01. The van der Waals surface area contributed by atoms with E-state index in [0.29, 0.717) is 48.7 Å². The summed E-state index contributed by atoms with van der Waals surface area (Å²) in [4.78, 5) is 8.77. The molecule has 2 aromatic carbocycles. The maximum absolute atomic E-state index is 14.8. The molecule has 4 rings (SSSR count). The highest BCUT2D eigenvalue weighted by Crippen LogP contribution is 2.46. The quantitative estimate of drug-likeness (QED) is 0.149. The highest BCUT2D eigenvalue weighted by atomic mass is 35.5. The van der Waals surface area contributed by atoms with Gasteiger partial charge in [0.05, 0.1) is 49.4 Å². The summed E-state index contributed by atoms with van der Waals surface area (Å²) in [7, 11) is 2.91. The first-order chi connectivity index (χ1) is 20.7. The van der Waals surface area contributed by atoms with Crippen molar-refractivity contribution < 1.29 is 32.9 Å². The molecule has 0 bridgehead atoms. The molecule has 0 spiro atoms. The zero-order valence-electron chi connectivity index (χ0n) is 23.6. The first-order valence-corrected chi connectivity index (χ1v) is 13.8. The summed E-state index contributed by atoms with van der Waals surface area (Å²) in [5.74, 6) is 0.717. The maximum atomic E-state index is 14.8. The van der Waals surface area contributed by atoms with E-state index in [2.05, 4.69) is 20.6 Å². The lowest BCUT2D eigenvalue weighted by Crippen LogP contribution is -2.18. The molecule has 0 saturated carbocycles. The van der Waals surface area contributed by atoms with E-state index >= 15 is 0 Å². The van der Waals surface area contributed by atoms with E-state index in [1.807, 2.05) is 6.07 Å². The van der Waals surface area contributed by atoms with Gasteiger partial charge in [0.2, 0.25) is 5.88 Å². The second-order valence-corrected chi connectivity index (χ2v) is 9.82. The number of aliphatic hydroxyl groups excluding tert-OH is 2. The topological polar surface area (TPSA) is 109 Å². The molecular formula is C31H32ClF3N4O4. The van der Waals surface area contributed by atoms with Gasteiger partial charge in [0.15, 0.2) is 0 Å². The van der Waals surface area contributed by atoms with Gasteiger partial charge >= 0.3 is 6.18 Å². The fraction of sp³-hybridized carbons (Fsp3) is 0.290. The molecule has 12 heteroatoms. The maximum Gasteiger partial charge on any atom is 0.417 e. The number of hydrogen-bond acceptors (Lipinski definition) is 8. The summed E-state index contributed by atoms with van der Waals surface area (Å²) >= 11 is 6.79. The van der Waals surface area contributed by atoms with Gasteiger partial charge in [-0.3, -0.25) is 4.98 Å². The standard InChI is InChI=1S/C31H32ClF3N4O4/c1-42-26-16-19(6-7-20(26)17-36-12-14-40)29-28(32)23(10-11-38-29)22-4-3-5-24(27(22)31(33,34)35)25-9-8-21(18-37-13-15-41)30(39-25)43-2/h3-11,16,36-37,40-41H,12-15,17-18H2,1-2H3. The second-order valence-electron chi connectivity index (χ2n) is 9.44. The molecule has 0 aliphatic heterocycles. The molecule has 0 amide bonds. The number of alkyl halides is 3. The van der Waals surface area contributed by atoms with E-state index in [0.717, 1.165) is 5.56 Å². The largest absolute Gasteiger partial charge is 0.496 e. The van der Waals surface area contributed by atoms with E-state index in [9.17, 15) is 13.2 Å². The van der Waals surface area contributed by atoms with Crippen LogP contribution in [0.4, 0.5) is 13.2 Å². The van der Waals surface area contributed by atoms with Gasteiger partial charge in [-0.25, -0.2) is 4.98 Å². The van der Waals surface area contributed by atoms with Gasteiger partial charge in [0, 0.05) is 60.2 Å². The van der Waals surface area contributed by atoms with Crippen LogP contribution in [0.25, 0.3) is 33.6 Å². The van der Waals surface area contributed by atoms with Crippen LogP contribution in [0.15, 0.2) is 60.8 Å². The molecule has 4 aromatic rings. The molecule has 0 atom stereocenters. The third-order valence-corrected chi connectivity index (χ3v) is 7.09. The monoisotopic (exact) mass is 616 g/mol. The number of nitrogens with one attached hydrogen (secondary N) is 2. The fourth-order valence-electron chi connectivity index (χ4n) is 4.72. The Morgan fingerprint density at radius 2 is 1.51 bits per heavy atom. The number of aliphatic hydroxyl groups is 2. The van der Waals surface area contributed by atoms with E-state index in [1.54, 1.807) is 18.2 Å². The Balaban J connectivity index is 1.80. The van der Waals surface area contributed by atoms with Crippen LogP contribution in [0.3, 0.4) is 0 Å². The SMILES string of the molecule is COc1cc(-c2nccc(-c3cccc(-c4ccc(CNCCO)c(OC)n4)c3C(F)(F)F)c2Cl)ccc1CNCCO. The van der Waals surface area contributed by atoms with E-state index in [-0.39, 0.29) is 46.5 Å². The van der Waals surface area contributed by atoms with Gasteiger partial charge in [-0.2, -0.15) is 13.2 Å². The lowest BCUT2D eigenvalue weighted by Gasteiger charge is -2.20. The summed E-state index contributed by atoms with van der Waals surface area (Å²) < 4.78 is 55.2. The number of methoxy groups -OCH3 is 2. The molecule has 4 N–H and O–H groups in total. The van der Waals surface area contributed by atoms with Gasteiger partial charge in [-0.1, -0.05) is 48.0 Å². The summed E-state index contributed by atoms with van der Waals surface area (Å²) in [6.07, 6.45) is -3.33. The Hall–Kier alpha value is -3.74. The van der Waals surface area contributed by atoms with Gasteiger partial charge < -0.3 is 30.3 Å². The molecule has 43 heavy (non-hydrogen) atoms. The minimum atomic E-state index is -4.75. The van der Waals surface area contributed by atoms with Gasteiger partial charge in [-0.15, -0.1) is 0 Å². The Morgan fingerprint density at radius 1 is 0.837 bits per heavy atom. The van der Waals surface area contributed by atoms with Gasteiger partial charge in [0.1, 0.15) is 5.75 Å². The fourth-order valence-corrected chi connectivity index (χ4v) is 5.04. The zero-order chi connectivity index (χ0) is 31.0. The lowest BCUT2D eigenvalue weighted by atomic mass is 9.92. The van der Waals surface area contributed by atoms with Crippen LogP contribution in [0.5, 0.6) is 11.6 Å². The van der Waals surface area contributed by atoms with E-state index < -0.39 is 11.7 Å². The molecule has 0 aliphatic rings. The molecule has 8 nitrogen and oxygen atoms in total. The van der Waals surface area contributed by atoms with Crippen molar-refractivity contribution in [3.63, 3.8) is 0 Å². The Morgan fingerprint density at radius 3 is 2.16 bits per heavy atom. The van der Waals surface area contributed by atoms with Gasteiger partial charge in [0.25, 0.3) is 0 Å². The number of nitrogens with zero attached hydrogens (tertiary/aromatic N) is 2. The third kappa shape index (κ3) is 7.43. The summed E-state index contributed by atoms with van der Waals surface area (Å²) in [6, 6.07) is 14.2. The van der Waals surface area contributed by atoms with Crippen LogP contribution in [0.2, 0.25) is 5.02 Å². The van der Waals surface area contributed by atoms with E-state index in [1.165, 1.54) is 50.7 Å². The Bertz CT molecular complexity index is 1550. The van der Waals surface area contributed by atoms with Crippen LogP contribution < -0.4 is 20.1 Å². The van der Waals surface area contributed by atoms with Crippen molar-refractivity contribution in [1.82, 2.24) is 20.6 Å². The highest BCUT2D eigenvalue weighted by Gasteiger charge is 2.38. The molecule has 2 aromatic heterocycles. The summed E-state index contributed by atoms with van der Waals surface area (Å²) in [5.41, 5.74) is 1.43. The van der Waals surface area contributed by atoms with Crippen LogP contribution in [0.1, 0.15) is 16.7 Å². The van der Waals surface area contributed by atoms with Crippen molar-refractivity contribution in [3.8, 4) is 45.3 Å². The van der Waals surface area contributed by atoms with Crippen LogP contribution in [0, 0.1) is 0 Å². The Kier molecular flexibility index (Phi) is 10.9. The molecule has 0 saturated heterocycles. The first kappa shape index (κ1) is 32.2. The van der Waals surface area contributed by atoms with Crippen molar-refractivity contribution >= 4 is 11.6 Å². The predicted octanol–water partition coefficient (Wildman–Crippen LogP) is 5.33. The van der Waals surface area contributed by atoms with Crippen LogP contribution in [-0.2, 0) is 19.3 Å². The number of ether oxygens (including phenoxy) is 2. The number of aromatic nitrogens is 2. The van der Waals surface area contributed by atoms with Crippen molar-refractivity contribution in [3.05, 3.63) is 82.5 Å². The summed E-state index contributed by atoms with van der Waals surface area (Å²) in [6.45, 7) is 1.46. The molecule has 228 valence electrons. The van der Waals surface area contributed by atoms with Crippen molar-refractivity contribution in [2.24, 2.45) is 0 Å². The van der Waals surface area contributed by atoms with Crippen molar-refractivity contribution in [2.45, 2.75) is 19.3 Å². The molecule has 0 aliphatic carbocycles. The van der Waals surface area contributed by atoms with E-state index in [4.69, 9.17) is 31.3 Å². The lowest BCUT2D eigenvalue weighted by molar-refractivity contribution is -0.136. The second kappa shape index (κ2) is 14.6. The number of rotatable bonds is 13. The third-order valence-electron chi connectivity index (χ3n) is 6.70. The minimum absolute atomic E-state index is 0.00828. The van der Waals surface area contributed by atoms with Crippen LogP contribution >= 0.6 is 11.6 Å². The number of pyridine rings is 2. The molecule has 0 fully saturated rings. The summed E-state index contributed by atoms with van der Waals surface area (Å²) in [5, 5.41) is 24.2. The number of hydrogen-bond donors (Lipinski definition) is 4.